The van der Waals surface area contributed by atoms with Crippen molar-refractivity contribution in [3.05, 3.63) is 40.6 Å². The van der Waals surface area contributed by atoms with E-state index in [4.69, 9.17) is 0 Å². The lowest BCUT2D eigenvalue weighted by molar-refractivity contribution is 0.852. The number of hydrogen-bond acceptors (Lipinski definition) is 3. The van der Waals surface area contributed by atoms with Gasteiger partial charge in [-0.2, -0.15) is 0 Å². The fraction of sp³-hybridized carbons (Fsp3) is 0.286. The smallest absolute Gasteiger partial charge is 0.133 e. The molecule has 1 aromatic heterocycles. The summed E-state index contributed by atoms with van der Waals surface area (Å²) in [5, 5.41) is 3.14. The van der Waals surface area contributed by atoms with Gasteiger partial charge in [-0.15, -0.1) is 0 Å². The minimum absolute atomic E-state index is 0.357. The van der Waals surface area contributed by atoms with Gasteiger partial charge < -0.3 is 5.32 Å². The van der Waals surface area contributed by atoms with Crippen LogP contribution >= 0.6 is 15.9 Å². The van der Waals surface area contributed by atoms with Crippen molar-refractivity contribution in [1.82, 2.24) is 9.97 Å². The van der Waals surface area contributed by atoms with Gasteiger partial charge in [-0.1, -0.05) is 48.0 Å². The van der Waals surface area contributed by atoms with Crippen molar-refractivity contribution in [3.63, 3.8) is 0 Å². The highest BCUT2D eigenvalue weighted by Crippen LogP contribution is 2.35. The molecular weight excluding hydrogens is 290 g/mol. The van der Waals surface area contributed by atoms with Gasteiger partial charge >= 0.3 is 0 Å². The van der Waals surface area contributed by atoms with Crippen LogP contribution in [0.5, 0.6) is 0 Å². The van der Waals surface area contributed by atoms with Crippen LogP contribution in [0.2, 0.25) is 0 Å². The summed E-state index contributed by atoms with van der Waals surface area (Å²) in [4.78, 5) is 8.76. The molecule has 0 fully saturated rings. The highest BCUT2D eigenvalue weighted by molar-refractivity contribution is 9.10. The maximum absolute atomic E-state index is 4.46. The van der Waals surface area contributed by atoms with E-state index in [-0.39, 0.29) is 0 Å². The van der Waals surface area contributed by atoms with E-state index >= 15 is 0 Å². The molecule has 18 heavy (non-hydrogen) atoms. The summed E-state index contributed by atoms with van der Waals surface area (Å²) >= 11 is 3.58. The first-order valence-electron chi connectivity index (χ1n) is 5.92. The van der Waals surface area contributed by atoms with Crippen LogP contribution in [0.1, 0.15) is 25.3 Å². The number of halogens is 1. The van der Waals surface area contributed by atoms with Crippen molar-refractivity contribution in [2.45, 2.75) is 19.8 Å². The molecule has 3 nitrogen and oxygen atoms in total. The SMILES string of the molecule is CNc1ncnc(-c2ccccc2Br)c1C(C)C. The lowest BCUT2D eigenvalue weighted by Crippen LogP contribution is -2.04. The molecule has 1 N–H and O–H groups in total. The number of anilines is 1. The summed E-state index contributed by atoms with van der Waals surface area (Å²) in [5.41, 5.74) is 3.23. The molecule has 94 valence electrons. The second-order valence-corrected chi connectivity index (χ2v) is 5.22. The molecular formula is C14H16BrN3. The quantitative estimate of drug-likeness (QED) is 0.929. The zero-order chi connectivity index (χ0) is 13.1. The Hall–Kier alpha value is -1.42. The Labute approximate surface area is 116 Å². The van der Waals surface area contributed by atoms with Gasteiger partial charge in [0, 0.05) is 22.6 Å². The minimum Gasteiger partial charge on any atom is -0.373 e. The Bertz CT molecular complexity index is 552. The van der Waals surface area contributed by atoms with E-state index in [1.807, 2.05) is 25.2 Å². The van der Waals surface area contributed by atoms with E-state index in [0.29, 0.717) is 5.92 Å². The van der Waals surface area contributed by atoms with Gasteiger partial charge in [0.1, 0.15) is 12.1 Å². The number of nitrogens with one attached hydrogen (secondary N) is 1. The number of aromatic nitrogens is 2. The summed E-state index contributed by atoms with van der Waals surface area (Å²) in [7, 11) is 1.89. The Kier molecular flexibility index (Phi) is 3.97. The molecule has 0 amide bonds. The second-order valence-electron chi connectivity index (χ2n) is 4.37. The predicted octanol–water partition coefficient (Wildman–Crippen LogP) is 4.07. The highest BCUT2D eigenvalue weighted by Gasteiger charge is 2.16. The number of benzene rings is 1. The Morgan fingerprint density at radius 1 is 1.17 bits per heavy atom. The fourth-order valence-corrected chi connectivity index (χ4v) is 2.48. The monoisotopic (exact) mass is 305 g/mol. The van der Waals surface area contributed by atoms with E-state index in [1.165, 1.54) is 0 Å². The summed E-state index contributed by atoms with van der Waals surface area (Å²) in [6, 6.07) is 8.12. The first kappa shape index (κ1) is 13.0. The largest absolute Gasteiger partial charge is 0.373 e. The molecule has 0 spiro atoms. The number of rotatable bonds is 3. The predicted molar refractivity (Wildman–Crippen MR) is 78.8 cm³/mol. The molecule has 0 saturated heterocycles. The van der Waals surface area contributed by atoms with Gasteiger partial charge in [-0.05, 0) is 12.0 Å². The maximum atomic E-state index is 4.46. The summed E-state index contributed by atoms with van der Waals surface area (Å²) in [6.45, 7) is 4.31. The maximum Gasteiger partial charge on any atom is 0.133 e. The van der Waals surface area contributed by atoms with Crippen LogP contribution in [0.3, 0.4) is 0 Å². The van der Waals surface area contributed by atoms with Crippen molar-refractivity contribution < 1.29 is 0 Å². The molecule has 2 rings (SSSR count). The lowest BCUT2D eigenvalue weighted by atomic mass is 9.97. The van der Waals surface area contributed by atoms with Gasteiger partial charge in [-0.25, -0.2) is 9.97 Å². The fourth-order valence-electron chi connectivity index (χ4n) is 2.01. The highest BCUT2D eigenvalue weighted by atomic mass is 79.9. The van der Waals surface area contributed by atoms with Crippen LogP contribution < -0.4 is 5.32 Å². The summed E-state index contributed by atoms with van der Waals surface area (Å²) in [6.07, 6.45) is 1.60. The van der Waals surface area contributed by atoms with Crippen LogP contribution in [-0.4, -0.2) is 17.0 Å². The third kappa shape index (κ3) is 2.38. The average molecular weight is 306 g/mol. The normalized spacial score (nSPS) is 10.7. The van der Waals surface area contributed by atoms with Gasteiger partial charge in [-0.3, -0.25) is 0 Å². The number of nitrogens with zero attached hydrogens (tertiary/aromatic N) is 2. The van der Waals surface area contributed by atoms with Gasteiger partial charge in [0.05, 0.1) is 5.69 Å². The lowest BCUT2D eigenvalue weighted by Gasteiger charge is -2.16. The molecule has 4 heteroatoms. The van der Waals surface area contributed by atoms with Crippen molar-refractivity contribution in [2.24, 2.45) is 0 Å². The Balaban J connectivity index is 2.68. The molecule has 0 radical (unpaired) electrons. The molecule has 1 heterocycles. The summed E-state index contributed by atoms with van der Waals surface area (Å²) < 4.78 is 1.05. The van der Waals surface area contributed by atoms with Crippen molar-refractivity contribution >= 4 is 21.7 Å². The van der Waals surface area contributed by atoms with Crippen LogP contribution in [0.4, 0.5) is 5.82 Å². The molecule has 0 aliphatic carbocycles. The zero-order valence-electron chi connectivity index (χ0n) is 10.7. The summed E-state index contributed by atoms with van der Waals surface area (Å²) in [5.74, 6) is 1.25. The van der Waals surface area contributed by atoms with Crippen LogP contribution in [0.15, 0.2) is 35.1 Å². The molecule has 0 saturated carbocycles. The molecule has 0 aliphatic heterocycles. The topological polar surface area (TPSA) is 37.8 Å². The molecule has 0 bridgehead atoms. The van der Waals surface area contributed by atoms with Crippen molar-refractivity contribution in [1.29, 1.82) is 0 Å². The second kappa shape index (κ2) is 5.48. The van der Waals surface area contributed by atoms with E-state index in [1.54, 1.807) is 6.33 Å². The number of hydrogen-bond donors (Lipinski definition) is 1. The molecule has 1 aromatic carbocycles. The zero-order valence-corrected chi connectivity index (χ0v) is 12.3. The van der Waals surface area contributed by atoms with E-state index in [9.17, 15) is 0 Å². The average Bonchev–Trinajstić information content (AvgIpc) is 2.38. The molecule has 2 aromatic rings. The molecule has 0 unspecified atom stereocenters. The third-order valence-corrected chi connectivity index (χ3v) is 3.52. The third-order valence-electron chi connectivity index (χ3n) is 2.83. The first-order chi connectivity index (χ1) is 8.65. The van der Waals surface area contributed by atoms with Gasteiger partial charge in [0.25, 0.3) is 0 Å². The van der Waals surface area contributed by atoms with Crippen molar-refractivity contribution in [2.75, 3.05) is 12.4 Å². The van der Waals surface area contributed by atoms with Crippen LogP contribution in [0.25, 0.3) is 11.3 Å². The molecule has 0 aliphatic rings. The first-order valence-corrected chi connectivity index (χ1v) is 6.72. The van der Waals surface area contributed by atoms with E-state index in [0.717, 1.165) is 27.1 Å². The van der Waals surface area contributed by atoms with E-state index < -0.39 is 0 Å². The van der Waals surface area contributed by atoms with E-state index in [2.05, 4.69) is 51.1 Å². The Morgan fingerprint density at radius 3 is 2.50 bits per heavy atom. The Morgan fingerprint density at radius 2 is 1.89 bits per heavy atom. The molecule has 0 atom stereocenters. The van der Waals surface area contributed by atoms with Crippen LogP contribution in [0, 0.1) is 0 Å². The van der Waals surface area contributed by atoms with Crippen LogP contribution in [-0.2, 0) is 0 Å². The van der Waals surface area contributed by atoms with Crippen molar-refractivity contribution in [3.8, 4) is 11.3 Å². The van der Waals surface area contributed by atoms with Gasteiger partial charge in [0.15, 0.2) is 0 Å². The minimum atomic E-state index is 0.357. The van der Waals surface area contributed by atoms with Gasteiger partial charge in [0.2, 0.25) is 0 Å². The standard InChI is InChI=1S/C14H16BrN3/c1-9(2)12-13(17-8-18-14(12)16-3)10-6-4-5-7-11(10)15/h4-9H,1-3H3,(H,16,17,18).